The highest BCUT2D eigenvalue weighted by Gasteiger charge is 2.32. The van der Waals surface area contributed by atoms with Gasteiger partial charge in [0.25, 0.3) is 0 Å². The lowest BCUT2D eigenvalue weighted by molar-refractivity contribution is -0.147. The van der Waals surface area contributed by atoms with Crippen LogP contribution < -0.4 is 0 Å². The Bertz CT molecular complexity index is 908. The fourth-order valence-corrected chi connectivity index (χ4v) is 5.08. The summed E-state index contributed by atoms with van der Waals surface area (Å²) in [5.74, 6) is 0.917. The van der Waals surface area contributed by atoms with Gasteiger partial charge in [-0.05, 0) is 52.8 Å². The quantitative estimate of drug-likeness (QED) is 0.517. The Hall–Kier alpha value is -2.86. The second-order valence-corrected chi connectivity index (χ2v) is 9.37. The number of hydrogen-bond donors (Lipinski definition) is 2. The predicted octanol–water partition coefficient (Wildman–Crippen LogP) is 6.04. The Kier molecular flexibility index (Phi) is 8.50. The highest BCUT2D eigenvalue weighted by molar-refractivity contribution is 5.78. The monoisotopic (exact) mass is 454 g/mol. The van der Waals surface area contributed by atoms with Gasteiger partial charge in [0.15, 0.2) is 0 Å². The van der Waals surface area contributed by atoms with Crippen LogP contribution in [0.2, 0.25) is 0 Å². The lowest BCUT2D eigenvalue weighted by Crippen LogP contribution is -2.35. The molecular formula is C27H34O6. The average Bonchev–Trinajstić information content (AvgIpc) is 3.10. The minimum Gasteiger partial charge on any atom is -0.480 e. The summed E-state index contributed by atoms with van der Waals surface area (Å²) in [5.41, 5.74) is 4.62. The Morgan fingerprint density at radius 3 is 2.06 bits per heavy atom. The molecule has 6 heteroatoms. The number of hydrogen-bond acceptors (Lipinski definition) is 4. The molecule has 0 saturated heterocycles. The van der Waals surface area contributed by atoms with Gasteiger partial charge in [0.1, 0.15) is 13.2 Å². The van der Waals surface area contributed by atoms with Gasteiger partial charge in [0.05, 0.1) is 6.10 Å². The molecule has 0 amide bonds. The van der Waals surface area contributed by atoms with Crippen LogP contribution in [0, 0.1) is 17.8 Å². The van der Waals surface area contributed by atoms with Crippen LogP contribution in [0.15, 0.2) is 48.5 Å². The van der Waals surface area contributed by atoms with Crippen LogP contribution >= 0.6 is 0 Å². The van der Waals surface area contributed by atoms with E-state index in [0.29, 0.717) is 17.8 Å². The van der Waals surface area contributed by atoms with Gasteiger partial charge >= 0.3 is 12.1 Å². The third kappa shape index (κ3) is 6.35. The summed E-state index contributed by atoms with van der Waals surface area (Å²) in [6.45, 7) is 6.62. The molecule has 2 aliphatic carbocycles. The highest BCUT2D eigenvalue weighted by Crippen LogP contribution is 2.44. The number of carboxylic acids is 1. The predicted molar refractivity (Wildman–Crippen MR) is 126 cm³/mol. The van der Waals surface area contributed by atoms with E-state index in [1.54, 1.807) is 0 Å². The second-order valence-electron chi connectivity index (χ2n) is 9.37. The van der Waals surface area contributed by atoms with E-state index >= 15 is 0 Å². The van der Waals surface area contributed by atoms with E-state index in [9.17, 15) is 9.59 Å². The van der Waals surface area contributed by atoms with E-state index in [1.165, 1.54) is 24.0 Å². The van der Waals surface area contributed by atoms with Crippen molar-refractivity contribution in [1.82, 2.24) is 0 Å². The zero-order valence-electron chi connectivity index (χ0n) is 19.6. The molecule has 2 N–H and O–H groups in total. The lowest BCUT2D eigenvalue weighted by atomic mass is 9.75. The van der Waals surface area contributed by atoms with Crippen LogP contribution in [0.1, 0.15) is 57.1 Å². The number of rotatable bonds is 6. The molecule has 0 aromatic heterocycles. The molecule has 0 radical (unpaired) electrons. The summed E-state index contributed by atoms with van der Waals surface area (Å²) < 4.78 is 10.2. The summed E-state index contributed by atoms with van der Waals surface area (Å²) in [4.78, 5) is 21.0. The first-order chi connectivity index (χ1) is 15.8. The maximum absolute atomic E-state index is 10.6. The molecule has 178 valence electrons. The SMILES string of the molecule is CC(C)[C@H]1CC[C@H](C)CC1OCC(=O)O.O=C(O)OCC1c2ccccc2-c2ccccc21. The zero-order chi connectivity index (χ0) is 24.0. The third-order valence-corrected chi connectivity index (χ3v) is 6.72. The van der Waals surface area contributed by atoms with Crippen molar-refractivity contribution < 1.29 is 29.3 Å². The minimum atomic E-state index is -1.23. The van der Waals surface area contributed by atoms with Gasteiger partial charge in [0, 0.05) is 5.92 Å². The molecule has 4 rings (SSSR count). The molecule has 6 nitrogen and oxygen atoms in total. The molecule has 2 aromatic carbocycles. The number of fused-ring (bicyclic) bond motifs is 3. The van der Waals surface area contributed by atoms with Crippen molar-refractivity contribution in [1.29, 1.82) is 0 Å². The molecule has 1 fully saturated rings. The van der Waals surface area contributed by atoms with Gasteiger partial charge in [-0.2, -0.15) is 0 Å². The number of carboxylic acid groups (broad SMARTS) is 2. The first-order valence-electron chi connectivity index (χ1n) is 11.6. The lowest BCUT2D eigenvalue weighted by Gasteiger charge is -2.36. The Morgan fingerprint density at radius 1 is 0.970 bits per heavy atom. The number of ether oxygens (including phenoxy) is 2. The van der Waals surface area contributed by atoms with Gasteiger partial charge in [-0.25, -0.2) is 9.59 Å². The fraction of sp³-hybridized carbons (Fsp3) is 0.481. The Labute approximate surface area is 195 Å². The number of aliphatic carboxylic acids is 1. The second kappa shape index (κ2) is 11.3. The standard InChI is InChI=1S/C15H12O3.C12H22O3/c16-15(17)18-9-14-12-7-3-1-5-10(12)11-6-2-4-8-13(11)14;1-8(2)10-5-4-9(3)6-11(10)15-7-12(13)14/h1-8,14H,9H2,(H,16,17);8-11H,4-7H2,1-3H3,(H,13,14)/t;9-,10+,11?/m.0/s1. The van der Waals surface area contributed by atoms with Crippen LogP contribution in [-0.4, -0.2) is 41.7 Å². The highest BCUT2D eigenvalue weighted by atomic mass is 16.7. The molecule has 2 aromatic rings. The van der Waals surface area contributed by atoms with Gasteiger partial charge in [-0.1, -0.05) is 75.7 Å². The molecular weight excluding hydrogens is 420 g/mol. The molecule has 2 aliphatic rings. The summed E-state index contributed by atoms with van der Waals surface area (Å²) in [6.07, 6.45) is 2.34. The first-order valence-corrected chi connectivity index (χ1v) is 11.6. The van der Waals surface area contributed by atoms with E-state index in [0.717, 1.165) is 17.5 Å². The van der Waals surface area contributed by atoms with E-state index in [2.05, 4.69) is 32.9 Å². The van der Waals surface area contributed by atoms with E-state index in [1.807, 2.05) is 36.4 Å². The van der Waals surface area contributed by atoms with Gasteiger partial charge in [0.2, 0.25) is 0 Å². The average molecular weight is 455 g/mol. The van der Waals surface area contributed by atoms with Crippen molar-refractivity contribution in [2.24, 2.45) is 17.8 Å². The minimum absolute atomic E-state index is 0.00787. The van der Waals surface area contributed by atoms with Crippen molar-refractivity contribution in [3.8, 4) is 11.1 Å². The molecule has 3 atom stereocenters. The van der Waals surface area contributed by atoms with Gasteiger partial charge < -0.3 is 19.7 Å². The van der Waals surface area contributed by atoms with E-state index in [4.69, 9.17) is 19.7 Å². The molecule has 0 bridgehead atoms. The van der Waals surface area contributed by atoms with E-state index in [-0.39, 0.29) is 25.2 Å². The molecule has 0 spiro atoms. The molecule has 1 saturated carbocycles. The van der Waals surface area contributed by atoms with Crippen LogP contribution in [0.3, 0.4) is 0 Å². The summed E-state index contributed by atoms with van der Waals surface area (Å²) >= 11 is 0. The normalized spacial score (nSPS) is 21.5. The number of carbonyl (C=O) groups is 2. The third-order valence-electron chi connectivity index (χ3n) is 6.72. The molecule has 0 aliphatic heterocycles. The Balaban J connectivity index is 0.000000190. The summed E-state index contributed by atoms with van der Waals surface area (Å²) in [5, 5.41) is 17.3. The van der Waals surface area contributed by atoms with Crippen molar-refractivity contribution in [2.45, 2.75) is 52.1 Å². The van der Waals surface area contributed by atoms with Crippen LogP contribution in [-0.2, 0) is 14.3 Å². The van der Waals surface area contributed by atoms with Gasteiger partial charge in [-0.3, -0.25) is 0 Å². The van der Waals surface area contributed by atoms with Crippen molar-refractivity contribution >= 4 is 12.1 Å². The fourth-order valence-electron chi connectivity index (χ4n) is 5.08. The molecule has 33 heavy (non-hydrogen) atoms. The van der Waals surface area contributed by atoms with E-state index < -0.39 is 12.1 Å². The number of benzene rings is 2. The smallest absolute Gasteiger partial charge is 0.480 e. The van der Waals surface area contributed by atoms with Crippen molar-refractivity contribution in [3.63, 3.8) is 0 Å². The van der Waals surface area contributed by atoms with Crippen LogP contribution in [0.5, 0.6) is 0 Å². The van der Waals surface area contributed by atoms with Crippen LogP contribution in [0.25, 0.3) is 11.1 Å². The Morgan fingerprint density at radius 2 is 1.55 bits per heavy atom. The first kappa shape index (κ1) is 24.8. The summed E-state index contributed by atoms with van der Waals surface area (Å²) in [7, 11) is 0. The topological polar surface area (TPSA) is 93.1 Å². The van der Waals surface area contributed by atoms with Crippen molar-refractivity contribution in [3.05, 3.63) is 59.7 Å². The molecule has 0 heterocycles. The van der Waals surface area contributed by atoms with Gasteiger partial charge in [-0.15, -0.1) is 0 Å². The maximum atomic E-state index is 10.6. The zero-order valence-corrected chi connectivity index (χ0v) is 19.6. The van der Waals surface area contributed by atoms with Crippen molar-refractivity contribution in [2.75, 3.05) is 13.2 Å². The summed E-state index contributed by atoms with van der Waals surface area (Å²) in [6, 6.07) is 16.1. The van der Waals surface area contributed by atoms with Crippen LogP contribution in [0.4, 0.5) is 4.79 Å². The maximum Gasteiger partial charge on any atom is 0.505 e. The molecule has 1 unspecified atom stereocenters. The largest absolute Gasteiger partial charge is 0.505 e.